The van der Waals surface area contributed by atoms with Gasteiger partial charge < -0.3 is 9.14 Å². The monoisotopic (exact) mass is 294 g/mol. The predicted octanol–water partition coefficient (Wildman–Crippen LogP) is 3.71. The Morgan fingerprint density at radius 1 is 1.14 bits per heavy atom. The minimum Gasteiger partial charge on any atom is -0.465 e. The first-order valence-electron chi connectivity index (χ1n) is 7.14. The predicted molar refractivity (Wildman–Crippen MR) is 86.2 cm³/mol. The molecule has 0 aliphatic heterocycles. The molecular weight excluding hydrogens is 276 g/mol. The highest BCUT2D eigenvalue weighted by Crippen LogP contribution is 2.32. The van der Waals surface area contributed by atoms with Crippen LogP contribution in [0, 0.1) is 20.8 Å². The number of aryl methyl sites for hydroxylation is 3. The lowest BCUT2D eigenvalue weighted by Crippen LogP contribution is -2.04. The van der Waals surface area contributed by atoms with Gasteiger partial charge in [-0.15, -0.1) is 0 Å². The molecule has 0 fully saturated rings. The quantitative estimate of drug-likeness (QED) is 0.677. The van der Waals surface area contributed by atoms with Gasteiger partial charge in [0.2, 0.25) is 0 Å². The molecule has 4 nitrogen and oxygen atoms in total. The van der Waals surface area contributed by atoms with Crippen molar-refractivity contribution in [3.8, 4) is 11.1 Å². The van der Waals surface area contributed by atoms with Crippen LogP contribution in [-0.4, -0.2) is 22.5 Å². The fourth-order valence-corrected chi connectivity index (χ4v) is 3.05. The van der Waals surface area contributed by atoms with Crippen LogP contribution in [0.1, 0.15) is 27.0 Å². The van der Waals surface area contributed by atoms with Gasteiger partial charge in [-0.3, -0.25) is 0 Å². The van der Waals surface area contributed by atoms with E-state index in [1.165, 1.54) is 23.8 Å². The second-order valence-corrected chi connectivity index (χ2v) is 5.57. The topological polar surface area (TPSA) is 43.6 Å². The highest BCUT2D eigenvalue weighted by molar-refractivity contribution is 5.93. The zero-order valence-corrected chi connectivity index (χ0v) is 13.2. The first-order valence-corrected chi connectivity index (χ1v) is 7.14. The minimum absolute atomic E-state index is 0.348. The van der Waals surface area contributed by atoms with E-state index >= 15 is 0 Å². The molecule has 0 amide bonds. The number of hydrogen-bond acceptors (Lipinski definition) is 3. The van der Waals surface area contributed by atoms with Gasteiger partial charge in [0.15, 0.2) is 0 Å². The number of ether oxygens (including phenoxy) is 1. The normalized spacial score (nSPS) is 10.9. The molecule has 0 bridgehead atoms. The van der Waals surface area contributed by atoms with E-state index in [9.17, 15) is 4.79 Å². The van der Waals surface area contributed by atoms with Crippen molar-refractivity contribution in [1.82, 2.24) is 9.38 Å². The molecule has 0 atom stereocenters. The van der Waals surface area contributed by atoms with Gasteiger partial charge >= 0.3 is 5.97 Å². The van der Waals surface area contributed by atoms with Crippen LogP contribution in [0.4, 0.5) is 0 Å². The Kier molecular flexibility index (Phi) is 3.45. The van der Waals surface area contributed by atoms with E-state index < -0.39 is 0 Å². The second-order valence-electron chi connectivity index (χ2n) is 5.57. The van der Waals surface area contributed by atoms with Crippen molar-refractivity contribution in [2.75, 3.05) is 7.11 Å². The van der Waals surface area contributed by atoms with Crippen molar-refractivity contribution >= 4 is 11.6 Å². The maximum Gasteiger partial charge on any atom is 0.339 e. The van der Waals surface area contributed by atoms with Gasteiger partial charge in [-0.25, -0.2) is 9.78 Å². The van der Waals surface area contributed by atoms with Crippen LogP contribution >= 0.6 is 0 Å². The molecule has 22 heavy (non-hydrogen) atoms. The van der Waals surface area contributed by atoms with Gasteiger partial charge in [-0.1, -0.05) is 17.7 Å². The number of imidazole rings is 1. The van der Waals surface area contributed by atoms with E-state index in [1.54, 1.807) is 12.4 Å². The fourth-order valence-electron chi connectivity index (χ4n) is 3.05. The van der Waals surface area contributed by atoms with Gasteiger partial charge in [0.25, 0.3) is 0 Å². The number of aromatic nitrogens is 2. The Morgan fingerprint density at radius 2 is 1.82 bits per heavy atom. The number of hydrogen-bond donors (Lipinski definition) is 0. The Bertz CT molecular complexity index is 855. The number of fused-ring (bicyclic) bond motifs is 1. The number of methoxy groups -OCH3 is 1. The van der Waals surface area contributed by atoms with E-state index in [0.717, 1.165) is 16.8 Å². The molecule has 4 heteroatoms. The van der Waals surface area contributed by atoms with Crippen molar-refractivity contribution in [2.24, 2.45) is 0 Å². The zero-order valence-electron chi connectivity index (χ0n) is 13.2. The Morgan fingerprint density at radius 3 is 2.45 bits per heavy atom. The Balaban J connectivity index is 2.35. The first kappa shape index (κ1) is 14.3. The number of pyridine rings is 1. The maximum atomic E-state index is 11.9. The van der Waals surface area contributed by atoms with E-state index in [0.29, 0.717) is 5.56 Å². The highest BCUT2D eigenvalue weighted by Gasteiger charge is 2.16. The molecular formula is C18H18N2O2. The molecule has 2 heterocycles. The molecule has 0 aliphatic rings. The molecule has 3 aromatic rings. The summed E-state index contributed by atoms with van der Waals surface area (Å²) in [7, 11) is 1.39. The maximum absolute atomic E-state index is 11.9. The molecule has 2 aromatic heterocycles. The number of rotatable bonds is 2. The standard InChI is InChI=1S/C18H18N2O2/c1-11-7-12(2)16(13(3)8-11)15-9-14(18(21)22-4)10-20-6-5-19-17(15)20/h5-10H,1-4H3. The lowest BCUT2D eigenvalue weighted by Gasteiger charge is -2.14. The van der Waals surface area contributed by atoms with Gasteiger partial charge in [0, 0.05) is 24.2 Å². The summed E-state index contributed by atoms with van der Waals surface area (Å²) in [5.41, 5.74) is 6.98. The molecule has 0 saturated carbocycles. The van der Waals surface area contributed by atoms with Crippen LogP contribution in [0.5, 0.6) is 0 Å². The lowest BCUT2D eigenvalue weighted by atomic mass is 9.93. The summed E-state index contributed by atoms with van der Waals surface area (Å²) in [4.78, 5) is 16.4. The van der Waals surface area contributed by atoms with Crippen LogP contribution < -0.4 is 0 Å². The second kappa shape index (κ2) is 5.30. The fraction of sp³-hybridized carbons (Fsp3) is 0.222. The molecule has 112 valence electrons. The van der Waals surface area contributed by atoms with Crippen LogP contribution in [0.2, 0.25) is 0 Å². The van der Waals surface area contributed by atoms with E-state index in [2.05, 4.69) is 37.9 Å². The van der Waals surface area contributed by atoms with E-state index in [1.807, 2.05) is 16.7 Å². The SMILES string of the molecule is COC(=O)c1cc(-c2c(C)cc(C)cc2C)c2nccn2c1. The lowest BCUT2D eigenvalue weighted by molar-refractivity contribution is 0.0600. The average molecular weight is 294 g/mol. The highest BCUT2D eigenvalue weighted by atomic mass is 16.5. The third-order valence-electron chi connectivity index (χ3n) is 3.86. The van der Waals surface area contributed by atoms with Gasteiger partial charge in [-0.2, -0.15) is 0 Å². The van der Waals surface area contributed by atoms with Crippen molar-refractivity contribution in [2.45, 2.75) is 20.8 Å². The van der Waals surface area contributed by atoms with Crippen LogP contribution in [0.15, 0.2) is 36.8 Å². The molecule has 0 saturated heterocycles. The molecule has 0 unspecified atom stereocenters. The third-order valence-corrected chi connectivity index (χ3v) is 3.86. The van der Waals surface area contributed by atoms with Crippen LogP contribution in [0.25, 0.3) is 16.8 Å². The summed E-state index contributed by atoms with van der Waals surface area (Å²) >= 11 is 0. The summed E-state index contributed by atoms with van der Waals surface area (Å²) in [5.74, 6) is -0.348. The molecule has 1 aromatic carbocycles. The van der Waals surface area contributed by atoms with Gasteiger partial charge in [0.1, 0.15) is 5.65 Å². The van der Waals surface area contributed by atoms with Crippen LogP contribution in [-0.2, 0) is 4.74 Å². The molecule has 0 aliphatic carbocycles. The van der Waals surface area contributed by atoms with Gasteiger partial charge in [0.05, 0.1) is 12.7 Å². The number of carbonyl (C=O) groups is 1. The molecule has 0 spiro atoms. The summed E-state index contributed by atoms with van der Waals surface area (Å²) in [6.45, 7) is 6.25. The summed E-state index contributed by atoms with van der Waals surface area (Å²) < 4.78 is 6.72. The van der Waals surface area contributed by atoms with Crippen molar-refractivity contribution in [3.05, 3.63) is 59.0 Å². The number of nitrogens with zero attached hydrogens (tertiary/aromatic N) is 2. The van der Waals surface area contributed by atoms with Crippen molar-refractivity contribution in [3.63, 3.8) is 0 Å². The average Bonchev–Trinajstić information content (AvgIpc) is 2.93. The Hall–Kier alpha value is -2.62. The smallest absolute Gasteiger partial charge is 0.339 e. The first-order chi connectivity index (χ1) is 10.5. The summed E-state index contributed by atoms with van der Waals surface area (Å²) in [5, 5.41) is 0. The Labute approximate surface area is 129 Å². The van der Waals surface area contributed by atoms with Crippen LogP contribution in [0.3, 0.4) is 0 Å². The zero-order chi connectivity index (χ0) is 15.9. The van der Waals surface area contributed by atoms with Gasteiger partial charge in [-0.05, 0) is 43.5 Å². The largest absolute Gasteiger partial charge is 0.465 e. The summed E-state index contributed by atoms with van der Waals surface area (Å²) in [6.07, 6.45) is 5.32. The molecule has 0 radical (unpaired) electrons. The minimum atomic E-state index is -0.348. The third kappa shape index (κ3) is 2.26. The van der Waals surface area contributed by atoms with E-state index in [-0.39, 0.29) is 5.97 Å². The van der Waals surface area contributed by atoms with Crippen molar-refractivity contribution in [1.29, 1.82) is 0 Å². The van der Waals surface area contributed by atoms with E-state index in [4.69, 9.17) is 4.74 Å². The number of esters is 1. The molecule has 3 rings (SSSR count). The summed E-state index contributed by atoms with van der Waals surface area (Å²) in [6, 6.07) is 6.15. The number of carbonyl (C=O) groups excluding carboxylic acids is 1. The number of benzene rings is 1. The molecule has 0 N–H and O–H groups in total. The van der Waals surface area contributed by atoms with Crippen molar-refractivity contribution < 1.29 is 9.53 Å².